The molecule has 1 aromatic carbocycles. The summed E-state index contributed by atoms with van der Waals surface area (Å²) in [5.41, 5.74) is 1.30. The molecule has 0 amide bonds. The van der Waals surface area contributed by atoms with Gasteiger partial charge in [0.1, 0.15) is 10.5 Å². The van der Waals surface area contributed by atoms with E-state index in [1.54, 1.807) is 11.6 Å². The number of hydrogen-bond acceptors (Lipinski definition) is 7. The average molecular weight is 424 g/mol. The highest BCUT2D eigenvalue weighted by Crippen LogP contribution is 2.41. The van der Waals surface area contributed by atoms with Crippen molar-refractivity contribution in [2.24, 2.45) is 0 Å². The van der Waals surface area contributed by atoms with Gasteiger partial charge < -0.3 is 19.4 Å². The molecular weight excluding hydrogens is 405 g/mol. The number of halogens is 3. The van der Waals surface area contributed by atoms with E-state index in [1.165, 1.54) is 23.5 Å². The van der Waals surface area contributed by atoms with Gasteiger partial charge in [-0.05, 0) is 30.5 Å². The summed E-state index contributed by atoms with van der Waals surface area (Å²) in [6.07, 6.45) is -2.75. The number of piperazine rings is 1. The highest BCUT2D eigenvalue weighted by atomic mass is 32.1. The van der Waals surface area contributed by atoms with Crippen LogP contribution >= 0.6 is 11.3 Å². The number of alkyl halides is 3. The summed E-state index contributed by atoms with van der Waals surface area (Å²) in [5, 5.41) is 5.90. The number of hydrogen-bond donors (Lipinski definition) is 1. The van der Waals surface area contributed by atoms with E-state index in [-0.39, 0.29) is 5.56 Å². The largest absolute Gasteiger partial charge is 0.423 e. The highest BCUT2D eigenvalue weighted by molar-refractivity contribution is 7.13. The highest BCUT2D eigenvalue weighted by Gasteiger charge is 2.42. The van der Waals surface area contributed by atoms with E-state index in [9.17, 15) is 13.2 Å². The number of thiazole rings is 1. The second kappa shape index (κ2) is 6.96. The Kier molecular flexibility index (Phi) is 4.52. The van der Waals surface area contributed by atoms with Gasteiger partial charge in [-0.1, -0.05) is 0 Å². The van der Waals surface area contributed by atoms with E-state index >= 15 is 0 Å². The van der Waals surface area contributed by atoms with Gasteiger partial charge in [-0.2, -0.15) is 18.2 Å². The fourth-order valence-corrected chi connectivity index (χ4v) is 4.91. The zero-order valence-corrected chi connectivity index (χ0v) is 16.4. The van der Waals surface area contributed by atoms with Crippen LogP contribution in [0.1, 0.15) is 24.5 Å². The molecule has 2 aromatic heterocycles. The fourth-order valence-electron chi connectivity index (χ4n) is 4.26. The third-order valence-electron chi connectivity index (χ3n) is 5.49. The van der Waals surface area contributed by atoms with Crippen molar-refractivity contribution in [1.29, 1.82) is 0 Å². The maximum atomic E-state index is 13.5. The first-order valence-corrected chi connectivity index (χ1v) is 10.2. The second-order valence-electron chi connectivity index (χ2n) is 7.45. The predicted molar refractivity (Wildman–Crippen MR) is 103 cm³/mol. The van der Waals surface area contributed by atoms with Gasteiger partial charge in [0.15, 0.2) is 11.7 Å². The predicted octanol–water partition coefficient (Wildman–Crippen LogP) is 4.14. The molecule has 2 aliphatic heterocycles. The summed E-state index contributed by atoms with van der Waals surface area (Å²) in [6.45, 7) is 1.54. The summed E-state index contributed by atoms with van der Waals surface area (Å²) in [4.78, 5) is 10.9. The zero-order valence-electron chi connectivity index (χ0n) is 15.6. The second-order valence-corrected chi connectivity index (χ2v) is 8.35. The molecule has 0 saturated carbocycles. The average Bonchev–Trinajstić information content (AvgIpc) is 3.40. The van der Waals surface area contributed by atoms with Crippen molar-refractivity contribution < 1.29 is 22.3 Å². The minimum atomic E-state index is -4.53. The van der Waals surface area contributed by atoms with Crippen molar-refractivity contribution in [2.75, 3.05) is 25.1 Å². The zero-order chi connectivity index (χ0) is 20.2. The minimum Gasteiger partial charge on any atom is -0.423 e. The molecule has 5 rings (SSSR count). The molecule has 3 atom stereocenters. The molecule has 2 fully saturated rings. The van der Waals surface area contributed by atoms with Gasteiger partial charge in [-0.15, -0.1) is 11.3 Å². The lowest BCUT2D eigenvalue weighted by molar-refractivity contribution is -0.215. The van der Waals surface area contributed by atoms with Crippen LogP contribution in [0.5, 0.6) is 0 Å². The van der Waals surface area contributed by atoms with E-state index in [0.717, 1.165) is 33.0 Å². The van der Waals surface area contributed by atoms with Crippen LogP contribution in [0.25, 0.3) is 21.7 Å². The van der Waals surface area contributed by atoms with Gasteiger partial charge in [0.2, 0.25) is 0 Å². The fraction of sp³-hybridized carbons (Fsp3) is 0.474. The van der Waals surface area contributed by atoms with Crippen molar-refractivity contribution in [3.8, 4) is 10.6 Å². The van der Waals surface area contributed by atoms with Gasteiger partial charge >= 0.3 is 6.18 Å². The lowest BCUT2D eigenvalue weighted by Gasteiger charge is -2.31. The van der Waals surface area contributed by atoms with Crippen LogP contribution in [-0.2, 0) is 4.74 Å². The lowest BCUT2D eigenvalue weighted by Crippen LogP contribution is -2.51. The van der Waals surface area contributed by atoms with Crippen molar-refractivity contribution in [3.05, 3.63) is 29.3 Å². The van der Waals surface area contributed by atoms with Crippen molar-refractivity contribution in [1.82, 2.24) is 15.3 Å². The summed E-state index contributed by atoms with van der Waals surface area (Å²) < 4.78 is 51.3. The summed E-state index contributed by atoms with van der Waals surface area (Å²) in [6, 6.07) is 4.06. The monoisotopic (exact) mass is 424 g/mol. The third kappa shape index (κ3) is 3.38. The van der Waals surface area contributed by atoms with Gasteiger partial charge in [-0.25, -0.2) is 4.98 Å². The van der Waals surface area contributed by atoms with E-state index in [1.807, 2.05) is 0 Å². The summed E-state index contributed by atoms with van der Waals surface area (Å²) in [5.74, 6) is 0. The molecule has 2 aliphatic rings. The summed E-state index contributed by atoms with van der Waals surface area (Å²) >= 11 is 1.34. The molecule has 10 heteroatoms. The molecule has 0 aliphatic carbocycles. The number of oxazole rings is 1. The Morgan fingerprint density at radius 1 is 1.28 bits per heavy atom. The molecule has 2 saturated heterocycles. The normalized spacial score (nSPS) is 23.1. The Morgan fingerprint density at radius 2 is 2.03 bits per heavy atom. The molecule has 3 aromatic rings. The number of methoxy groups -OCH3 is 1. The lowest BCUT2D eigenvalue weighted by atomic mass is 10.0. The van der Waals surface area contributed by atoms with E-state index < -0.39 is 12.3 Å². The standard InChI is InChI=1S/C19H19F3N4O2S/c1-27-16(19(20,21)22)10-6-13(17-23-4-5-29-17)15-14(7-10)25-18(28-15)26-8-11-2-3-12(9-26)24-11/h4-7,11-12,16,24H,2-3,8-9H2,1H3. The molecule has 4 heterocycles. The van der Waals surface area contributed by atoms with Crippen LogP contribution in [-0.4, -0.2) is 48.4 Å². The first-order valence-electron chi connectivity index (χ1n) is 9.37. The molecule has 2 bridgehead atoms. The Balaban J connectivity index is 1.62. The smallest absolute Gasteiger partial charge is 0.418 e. The first-order chi connectivity index (χ1) is 13.9. The molecule has 0 spiro atoms. The maximum absolute atomic E-state index is 13.5. The van der Waals surface area contributed by atoms with Crippen LogP contribution < -0.4 is 10.2 Å². The summed E-state index contributed by atoms with van der Waals surface area (Å²) in [7, 11) is 1.05. The number of ether oxygens (including phenoxy) is 1. The number of anilines is 1. The van der Waals surface area contributed by atoms with Crippen LogP contribution in [0, 0.1) is 0 Å². The number of fused-ring (bicyclic) bond motifs is 3. The van der Waals surface area contributed by atoms with Crippen molar-refractivity contribution in [3.63, 3.8) is 0 Å². The number of nitrogens with one attached hydrogen (secondary N) is 1. The molecule has 154 valence electrons. The molecule has 29 heavy (non-hydrogen) atoms. The van der Waals surface area contributed by atoms with Crippen LogP contribution in [0.4, 0.5) is 19.2 Å². The Morgan fingerprint density at radius 3 is 2.66 bits per heavy atom. The first kappa shape index (κ1) is 18.8. The van der Waals surface area contributed by atoms with Gasteiger partial charge in [0.25, 0.3) is 6.01 Å². The molecule has 0 radical (unpaired) electrons. The Hall–Kier alpha value is -2.17. The Bertz CT molecular complexity index is 1010. The van der Waals surface area contributed by atoms with E-state index in [2.05, 4.69) is 20.2 Å². The van der Waals surface area contributed by atoms with Crippen LogP contribution in [0.3, 0.4) is 0 Å². The van der Waals surface area contributed by atoms with Gasteiger partial charge in [0.05, 0.1) is 5.56 Å². The molecule has 1 N–H and O–H groups in total. The third-order valence-corrected chi connectivity index (χ3v) is 6.29. The number of aromatic nitrogens is 2. The maximum Gasteiger partial charge on any atom is 0.418 e. The molecule has 6 nitrogen and oxygen atoms in total. The minimum absolute atomic E-state index is 0.0158. The number of rotatable bonds is 4. The quantitative estimate of drug-likeness (QED) is 0.679. The molecular formula is C19H19F3N4O2S. The SMILES string of the molecule is COC(c1cc(-c2nccs2)c2oc(N3CC4CCC(C3)N4)nc2c1)C(F)(F)F. The van der Waals surface area contributed by atoms with Crippen LogP contribution in [0.15, 0.2) is 28.1 Å². The van der Waals surface area contributed by atoms with E-state index in [0.29, 0.717) is 39.8 Å². The van der Waals surface area contributed by atoms with Gasteiger partial charge in [0, 0.05) is 43.9 Å². The van der Waals surface area contributed by atoms with Crippen molar-refractivity contribution in [2.45, 2.75) is 37.2 Å². The van der Waals surface area contributed by atoms with Gasteiger partial charge in [-0.3, -0.25) is 0 Å². The van der Waals surface area contributed by atoms with E-state index in [4.69, 9.17) is 9.15 Å². The van der Waals surface area contributed by atoms with Crippen molar-refractivity contribution >= 4 is 28.5 Å². The van der Waals surface area contributed by atoms with Crippen LogP contribution in [0.2, 0.25) is 0 Å². The number of nitrogens with zero attached hydrogens (tertiary/aromatic N) is 3. The molecule has 3 unspecified atom stereocenters. The Labute approximate surface area is 168 Å². The number of benzene rings is 1. The topological polar surface area (TPSA) is 63.4 Å².